The van der Waals surface area contributed by atoms with Gasteiger partial charge in [0.25, 0.3) is 0 Å². The van der Waals surface area contributed by atoms with Crippen LogP contribution in [0.5, 0.6) is 0 Å². The van der Waals surface area contributed by atoms with E-state index in [1.165, 1.54) is 5.56 Å². The molecule has 2 N–H and O–H groups in total. The summed E-state index contributed by atoms with van der Waals surface area (Å²) in [6, 6.07) is 5.79. The average Bonchev–Trinajstić information content (AvgIpc) is 2.74. The molecule has 1 heterocycles. The number of nitrogens with one attached hydrogen (secondary N) is 2. The van der Waals surface area contributed by atoms with Gasteiger partial charge in [-0.2, -0.15) is 0 Å². The first-order valence-corrected chi connectivity index (χ1v) is 7.22. The number of hydrogen-bond acceptors (Lipinski definition) is 2. The van der Waals surface area contributed by atoms with Crippen LogP contribution >= 0.6 is 11.6 Å². The van der Waals surface area contributed by atoms with Crippen LogP contribution in [0.25, 0.3) is 10.9 Å². The van der Waals surface area contributed by atoms with Crippen LogP contribution in [0.2, 0.25) is 5.02 Å². The second-order valence-corrected chi connectivity index (χ2v) is 5.26. The van der Waals surface area contributed by atoms with Crippen LogP contribution in [-0.2, 0) is 17.9 Å². The highest BCUT2D eigenvalue weighted by molar-refractivity contribution is 6.31. The lowest BCUT2D eigenvalue weighted by Gasteiger charge is -2.06. The maximum Gasteiger partial charge on any atom is 0.239 e. The minimum Gasteiger partial charge on any atom is -0.355 e. The summed E-state index contributed by atoms with van der Waals surface area (Å²) in [6.45, 7) is 3.83. The van der Waals surface area contributed by atoms with Crippen molar-refractivity contribution in [3.8, 4) is 0 Å². The molecule has 0 spiro atoms. The number of halogens is 1. The van der Waals surface area contributed by atoms with Crippen molar-refractivity contribution in [2.45, 2.75) is 26.4 Å². The van der Waals surface area contributed by atoms with Crippen molar-refractivity contribution in [3.05, 3.63) is 35.0 Å². The molecule has 2 rings (SSSR count). The fourth-order valence-corrected chi connectivity index (χ4v) is 2.44. The van der Waals surface area contributed by atoms with Gasteiger partial charge in [0, 0.05) is 29.7 Å². The smallest absolute Gasteiger partial charge is 0.239 e. The Morgan fingerprint density at radius 2 is 2.20 bits per heavy atom. The minimum absolute atomic E-state index is 0.0275. The van der Waals surface area contributed by atoms with Crippen molar-refractivity contribution in [2.24, 2.45) is 0 Å². The van der Waals surface area contributed by atoms with Gasteiger partial charge in [0.2, 0.25) is 5.91 Å². The zero-order valence-electron chi connectivity index (χ0n) is 11.9. The Morgan fingerprint density at radius 1 is 1.40 bits per heavy atom. The summed E-state index contributed by atoms with van der Waals surface area (Å²) in [5.41, 5.74) is 2.16. The van der Waals surface area contributed by atoms with Crippen molar-refractivity contribution in [1.82, 2.24) is 15.2 Å². The molecule has 0 saturated carbocycles. The number of nitrogens with zero attached hydrogens (tertiary/aromatic N) is 1. The fraction of sp³-hybridized carbons (Fsp3) is 0.400. The number of benzene rings is 1. The highest BCUT2D eigenvalue weighted by Gasteiger charge is 2.11. The molecule has 1 amide bonds. The molecule has 0 bridgehead atoms. The Kier molecular flexibility index (Phi) is 5.04. The molecule has 5 heteroatoms. The predicted octanol–water partition coefficient (Wildman–Crippen LogP) is 2.54. The van der Waals surface area contributed by atoms with E-state index in [9.17, 15) is 4.79 Å². The maximum atomic E-state index is 11.9. The van der Waals surface area contributed by atoms with E-state index in [-0.39, 0.29) is 5.91 Å². The van der Waals surface area contributed by atoms with Crippen LogP contribution < -0.4 is 10.6 Å². The molecular weight excluding hydrogens is 274 g/mol. The van der Waals surface area contributed by atoms with Gasteiger partial charge in [0.15, 0.2) is 0 Å². The Morgan fingerprint density at radius 3 is 2.90 bits per heavy atom. The second kappa shape index (κ2) is 6.77. The summed E-state index contributed by atoms with van der Waals surface area (Å²) >= 11 is 6.07. The Bertz CT molecular complexity index is 606. The summed E-state index contributed by atoms with van der Waals surface area (Å²) in [4.78, 5) is 11.9. The van der Waals surface area contributed by atoms with Gasteiger partial charge in [-0.1, -0.05) is 24.6 Å². The van der Waals surface area contributed by atoms with Gasteiger partial charge in [-0.05, 0) is 31.2 Å². The van der Waals surface area contributed by atoms with Gasteiger partial charge < -0.3 is 15.2 Å². The molecule has 0 aliphatic carbocycles. The fourth-order valence-electron chi connectivity index (χ4n) is 2.28. The number of carbonyl (C=O) groups excluding carboxylic acids is 1. The van der Waals surface area contributed by atoms with Crippen molar-refractivity contribution in [2.75, 3.05) is 13.6 Å². The molecule has 0 atom stereocenters. The number of carbonyl (C=O) groups is 1. The standard InChI is InChI=1S/C15H20ClN3O/c1-3-6-18-15(20)10-19-9-11(8-17-2)13-5-4-12(16)7-14(13)19/h4-5,7,9,17H,3,6,8,10H2,1-2H3,(H,18,20). The molecule has 0 aliphatic heterocycles. The van der Waals surface area contributed by atoms with Gasteiger partial charge in [0.1, 0.15) is 6.54 Å². The first kappa shape index (κ1) is 14.9. The van der Waals surface area contributed by atoms with E-state index in [1.54, 1.807) is 0 Å². The lowest BCUT2D eigenvalue weighted by molar-refractivity contribution is -0.121. The normalized spacial score (nSPS) is 10.9. The molecule has 0 saturated heterocycles. The highest BCUT2D eigenvalue weighted by atomic mass is 35.5. The van der Waals surface area contributed by atoms with Crippen LogP contribution in [0.3, 0.4) is 0 Å². The van der Waals surface area contributed by atoms with Gasteiger partial charge in [0.05, 0.1) is 5.52 Å². The molecule has 20 heavy (non-hydrogen) atoms. The number of amides is 1. The first-order valence-electron chi connectivity index (χ1n) is 6.84. The number of rotatable bonds is 6. The van der Waals surface area contributed by atoms with E-state index >= 15 is 0 Å². The van der Waals surface area contributed by atoms with Crippen molar-refractivity contribution in [3.63, 3.8) is 0 Å². The van der Waals surface area contributed by atoms with Crippen LogP contribution in [-0.4, -0.2) is 24.1 Å². The van der Waals surface area contributed by atoms with Crippen LogP contribution in [0.1, 0.15) is 18.9 Å². The number of hydrogen-bond donors (Lipinski definition) is 2. The molecule has 0 unspecified atom stereocenters. The molecule has 1 aromatic carbocycles. The molecule has 4 nitrogen and oxygen atoms in total. The zero-order chi connectivity index (χ0) is 14.5. The largest absolute Gasteiger partial charge is 0.355 e. The predicted molar refractivity (Wildman–Crippen MR) is 83.0 cm³/mol. The summed E-state index contributed by atoms with van der Waals surface area (Å²) in [5, 5.41) is 7.85. The third-order valence-electron chi connectivity index (χ3n) is 3.18. The van der Waals surface area contributed by atoms with Crippen molar-refractivity contribution in [1.29, 1.82) is 0 Å². The summed E-state index contributed by atoms with van der Waals surface area (Å²) in [5.74, 6) is 0.0275. The Labute approximate surface area is 124 Å². The zero-order valence-corrected chi connectivity index (χ0v) is 12.6. The number of fused-ring (bicyclic) bond motifs is 1. The van der Waals surface area contributed by atoms with Gasteiger partial charge in [-0.15, -0.1) is 0 Å². The first-order chi connectivity index (χ1) is 9.65. The van der Waals surface area contributed by atoms with E-state index in [0.29, 0.717) is 18.1 Å². The molecule has 1 aromatic heterocycles. The third-order valence-corrected chi connectivity index (χ3v) is 3.42. The third kappa shape index (κ3) is 3.32. The van der Waals surface area contributed by atoms with Gasteiger partial charge >= 0.3 is 0 Å². The van der Waals surface area contributed by atoms with Gasteiger partial charge in [-0.3, -0.25) is 4.79 Å². The SMILES string of the molecule is CCCNC(=O)Cn1cc(CNC)c2ccc(Cl)cc21. The molecule has 2 aromatic rings. The van der Waals surface area contributed by atoms with E-state index in [1.807, 2.05) is 42.9 Å². The van der Waals surface area contributed by atoms with E-state index in [0.717, 1.165) is 23.9 Å². The monoisotopic (exact) mass is 293 g/mol. The van der Waals surface area contributed by atoms with E-state index in [2.05, 4.69) is 10.6 Å². The molecule has 108 valence electrons. The van der Waals surface area contributed by atoms with Crippen molar-refractivity contribution < 1.29 is 4.79 Å². The lowest BCUT2D eigenvalue weighted by atomic mass is 10.2. The Hall–Kier alpha value is -1.52. The van der Waals surface area contributed by atoms with Crippen molar-refractivity contribution >= 4 is 28.4 Å². The summed E-state index contributed by atoms with van der Waals surface area (Å²) in [7, 11) is 1.91. The van der Waals surface area contributed by atoms with Gasteiger partial charge in [-0.25, -0.2) is 0 Å². The van der Waals surface area contributed by atoms with E-state index < -0.39 is 0 Å². The molecular formula is C15H20ClN3O. The van der Waals surface area contributed by atoms with Crippen LogP contribution in [0, 0.1) is 0 Å². The summed E-state index contributed by atoms with van der Waals surface area (Å²) < 4.78 is 1.96. The van der Waals surface area contributed by atoms with E-state index in [4.69, 9.17) is 11.6 Å². The minimum atomic E-state index is 0.0275. The average molecular weight is 294 g/mol. The number of aromatic nitrogens is 1. The maximum absolute atomic E-state index is 11.9. The summed E-state index contributed by atoms with van der Waals surface area (Å²) in [6.07, 6.45) is 2.96. The molecule has 0 aliphatic rings. The van der Waals surface area contributed by atoms with Crippen LogP contribution in [0.4, 0.5) is 0 Å². The lowest BCUT2D eigenvalue weighted by Crippen LogP contribution is -2.27. The Balaban J connectivity index is 2.31. The molecule has 0 fully saturated rings. The van der Waals surface area contributed by atoms with Crippen LogP contribution in [0.15, 0.2) is 24.4 Å². The topological polar surface area (TPSA) is 46.1 Å². The molecule has 0 radical (unpaired) electrons. The second-order valence-electron chi connectivity index (χ2n) is 4.82. The quantitative estimate of drug-likeness (QED) is 0.860. The highest BCUT2D eigenvalue weighted by Crippen LogP contribution is 2.24.